The van der Waals surface area contributed by atoms with Crippen LogP contribution in [-0.2, 0) is 10.4 Å². The van der Waals surface area contributed by atoms with Gasteiger partial charge in [0.1, 0.15) is 5.52 Å². The smallest absolute Gasteiger partial charge is 0.394 e. The minimum atomic E-state index is -4.67. The number of anilines is 1. The zero-order valence-electron chi connectivity index (χ0n) is 12.5. The zero-order valence-corrected chi connectivity index (χ0v) is 14.1. The number of halogens is 1. The Morgan fingerprint density at radius 3 is 2.70 bits per heavy atom. The fraction of sp³-hybridized carbons (Fsp3) is 0.462. The number of oxazole rings is 1. The highest BCUT2D eigenvalue weighted by atomic mass is 35.5. The summed E-state index contributed by atoms with van der Waals surface area (Å²) in [4.78, 5) is 6.73. The number of rotatable bonds is 1. The van der Waals surface area contributed by atoms with E-state index in [1.165, 1.54) is 0 Å². The molecule has 1 fully saturated rings. The maximum atomic E-state index is 8.74. The van der Waals surface area contributed by atoms with E-state index in [4.69, 9.17) is 33.5 Å². The first-order chi connectivity index (χ1) is 10.7. The molecule has 0 bridgehead atoms. The Morgan fingerprint density at radius 2 is 2.00 bits per heavy atom. The first kappa shape index (κ1) is 18.0. The monoisotopic (exact) mass is 363 g/mol. The Morgan fingerprint density at radius 1 is 1.30 bits per heavy atom. The third-order valence-corrected chi connectivity index (χ3v) is 3.46. The van der Waals surface area contributed by atoms with Crippen LogP contribution >= 0.6 is 11.6 Å². The maximum Gasteiger partial charge on any atom is 0.394 e. The molecule has 128 valence electrons. The van der Waals surface area contributed by atoms with Crippen molar-refractivity contribution in [1.82, 2.24) is 10.3 Å². The van der Waals surface area contributed by atoms with Gasteiger partial charge in [-0.05, 0) is 37.6 Å². The SMILES string of the molecule is Cc1cc(Cl)cc2nc(N3CCCNCC3)oc12.O=S(=O)(O)O. The van der Waals surface area contributed by atoms with E-state index in [-0.39, 0.29) is 0 Å². The molecule has 2 aromatic rings. The lowest BCUT2D eigenvalue weighted by atomic mass is 10.2. The highest BCUT2D eigenvalue weighted by Crippen LogP contribution is 2.27. The van der Waals surface area contributed by atoms with Crippen molar-refractivity contribution in [3.8, 4) is 0 Å². The van der Waals surface area contributed by atoms with Gasteiger partial charge in [0.2, 0.25) is 0 Å². The average molecular weight is 364 g/mol. The summed E-state index contributed by atoms with van der Waals surface area (Å²) in [7, 11) is -4.67. The van der Waals surface area contributed by atoms with Crippen molar-refractivity contribution in [1.29, 1.82) is 0 Å². The van der Waals surface area contributed by atoms with E-state index < -0.39 is 10.4 Å². The third-order valence-electron chi connectivity index (χ3n) is 3.24. The molecule has 8 nitrogen and oxygen atoms in total. The minimum absolute atomic E-state index is 0.706. The molecule has 23 heavy (non-hydrogen) atoms. The van der Waals surface area contributed by atoms with Crippen LogP contribution < -0.4 is 10.2 Å². The van der Waals surface area contributed by atoms with Crippen LogP contribution in [-0.4, -0.2) is 48.7 Å². The molecule has 2 heterocycles. The standard InChI is InChI=1S/C13H16ClN3O.H2O4S/c1-9-7-10(14)8-11-12(9)18-13(16-11)17-5-2-3-15-4-6-17;1-5(2,3)4/h7-8,15H,2-6H2,1H3;(H2,1,2,3,4). The van der Waals surface area contributed by atoms with Crippen molar-refractivity contribution < 1.29 is 21.9 Å². The fourth-order valence-corrected chi connectivity index (χ4v) is 2.58. The van der Waals surface area contributed by atoms with Crippen LogP contribution in [0.25, 0.3) is 11.1 Å². The first-order valence-corrected chi connectivity index (χ1v) is 8.74. The lowest BCUT2D eigenvalue weighted by Crippen LogP contribution is -2.27. The van der Waals surface area contributed by atoms with Gasteiger partial charge >= 0.3 is 10.4 Å². The molecule has 1 saturated heterocycles. The minimum Gasteiger partial charge on any atom is -0.423 e. The first-order valence-electron chi connectivity index (χ1n) is 6.96. The summed E-state index contributed by atoms with van der Waals surface area (Å²) in [5.74, 6) is 0. The van der Waals surface area contributed by atoms with Gasteiger partial charge in [-0.3, -0.25) is 9.11 Å². The van der Waals surface area contributed by atoms with Crippen LogP contribution in [0.5, 0.6) is 0 Å². The lowest BCUT2D eigenvalue weighted by Gasteiger charge is -2.16. The summed E-state index contributed by atoms with van der Waals surface area (Å²) >= 11 is 6.04. The second-order valence-corrected chi connectivity index (χ2v) is 6.44. The number of fused-ring (bicyclic) bond motifs is 1. The van der Waals surface area contributed by atoms with Crippen molar-refractivity contribution in [2.75, 3.05) is 31.1 Å². The van der Waals surface area contributed by atoms with E-state index in [1.54, 1.807) is 0 Å². The zero-order chi connectivity index (χ0) is 17.0. The molecule has 0 unspecified atom stereocenters. The van der Waals surface area contributed by atoms with E-state index in [0.29, 0.717) is 11.0 Å². The second-order valence-electron chi connectivity index (χ2n) is 5.11. The molecule has 10 heteroatoms. The molecule has 3 N–H and O–H groups in total. The van der Waals surface area contributed by atoms with Crippen LogP contribution in [0.3, 0.4) is 0 Å². The largest absolute Gasteiger partial charge is 0.423 e. The number of aromatic nitrogens is 1. The van der Waals surface area contributed by atoms with Crippen molar-refractivity contribution in [2.24, 2.45) is 0 Å². The van der Waals surface area contributed by atoms with Gasteiger partial charge in [-0.25, -0.2) is 0 Å². The van der Waals surface area contributed by atoms with Gasteiger partial charge in [0.15, 0.2) is 5.58 Å². The van der Waals surface area contributed by atoms with Gasteiger partial charge in [0.25, 0.3) is 6.01 Å². The number of hydrogen-bond acceptors (Lipinski definition) is 6. The molecule has 0 aliphatic carbocycles. The summed E-state index contributed by atoms with van der Waals surface area (Å²) in [6, 6.07) is 4.47. The Hall–Kier alpha value is -1.39. The normalized spacial score (nSPS) is 15.9. The van der Waals surface area contributed by atoms with E-state index in [9.17, 15) is 0 Å². The summed E-state index contributed by atoms with van der Waals surface area (Å²) in [6.07, 6.45) is 1.11. The molecule has 1 aromatic carbocycles. The Labute approximate surface area is 139 Å². The number of hydrogen-bond donors (Lipinski definition) is 3. The Kier molecular flexibility index (Phi) is 5.82. The predicted octanol–water partition coefficient (Wildman–Crippen LogP) is 1.94. The van der Waals surface area contributed by atoms with Gasteiger partial charge in [-0.2, -0.15) is 13.4 Å². The van der Waals surface area contributed by atoms with Crippen LogP contribution in [0.4, 0.5) is 6.01 Å². The Balaban J connectivity index is 0.000000338. The quantitative estimate of drug-likeness (QED) is 0.658. The molecule has 0 atom stereocenters. The second kappa shape index (κ2) is 7.45. The topological polar surface area (TPSA) is 116 Å². The number of aryl methyl sites for hydroxylation is 1. The summed E-state index contributed by atoms with van der Waals surface area (Å²) < 4.78 is 37.5. The van der Waals surface area contributed by atoms with Crippen LogP contribution in [0.15, 0.2) is 16.5 Å². The maximum absolute atomic E-state index is 8.74. The predicted molar refractivity (Wildman–Crippen MR) is 87.6 cm³/mol. The molecule has 0 spiro atoms. The highest BCUT2D eigenvalue weighted by Gasteiger charge is 2.16. The Bertz CT molecular complexity index is 761. The summed E-state index contributed by atoms with van der Waals surface area (Å²) in [6.45, 7) is 5.93. The molecule has 0 amide bonds. The number of nitrogens with one attached hydrogen (secondary N) is 1. The van der Waals surface area contributed by atoms with Crippen molar-refractivity contribution in [3.63, 3.8) is 0 Å². The molecule has 1 aliphatic rings. The van der Waals surface area contributed by atoms with Crippen LogP contribution in [0, 0.1) is 6.92 Å². The van der Waals surface area contributed by atoms with Gasteiger partial charge < -0.3 is 14.6 Å². The van der Waals surface area contributed by atoms with Crippen molar-refractivity contribution in [3.05, 3.63) is 22.7 Å². The number of benzene rings is 1. The molecule has 0 saturated carbocycles. The third kappa shape index (κ3) is 5.63. The van der Waals surface area contributed by atoms with E-state index in [0.717, 1.165) is 49.3 Å². The summed E-state index contributed by atoms with van der Waals surface area (Å²) in [5.41, 5.74) is 2.71. The van der Waals surface area contributed by atoms with Crippen molar-refractivity contribution in [2.45, 2.75) is 13.3 Å². The number of nitrogens with zero attached hydrogens (tertiary/aromatic N) is 2. The van der Waals surface area contributed by atoms with E-state index >= 15 is 0 Å². The van der Waals surface area contributed by atoms with Gasteiger partial charge in [0.05, 0.1) is 0 Å². The van der Waals surface area contributed by atoms with Crippen LogP contribution in [0.1, 0.15) is 12.0 Å². The molecular weight excluding hydrogens is 346 g/mol. The molecule has 0 radical (unpaired) electrons. The molecule has 3 rings (SSSR count). The van der Waals surface area contributed by atoms with E-state index in [1.807, 2.05) is 19.1 Å². The highest BCUT2D eigenvalue weighted by molar-refractivity contribution is 7.79. The van der Waals surface area contributed by atoms with Gasteiger partial charge in [0, 0.05) is 24.7 Å². The summed E-state index contributed by atoms with van der Waals surface area (Å²) in [5, 5.41) is 4.07. The van der Waals surface area contributed by atoms with Gasteiger partial charge in [-0.1, -0.05) is 11.6 Å². The molecular formula is C13H18ClN3O5S. The lowest BCUT2D eigenvalue weighted by molar-refractivity contribution is 0.381. The fourth-order valence-electron chi connectivity index (χ4n) is 2.32. The van der Waals surface area contributed by atoms with Gasteiger partial charge in [-0.15, -0.1) is 0 Å². The van der Waals surface area contributed by atoms with Crippen LogP contribution in [0.2, 0.25) is 5.02 Å². The molecule has 1 aliphatic heterocycles. The average Bonchev–Trinajstić information content (AvgIpc) is 2.66. The van der Waals surface area contributed by atoms with Crippen molar-refractivity contribution >= 4 is 39.1 Å². The van der Waals surface area contributed by atoms with E-state index in [2.05, 4.69) is 15.2 Å². The molecule has 1 aromatic heterocycles.